The van der Waals surface area contributed by atoms with E-state index in [4.69, 9.17) is 0 Å². The quantitative estimate of drug-likeness (QED) is 0.848. The van der Waals surface area contributed by atoms with E-state index in [0.717, 1.165) is 0 Å². The number of hydrogen-bond acceptors (Lipinski definition) is 3. The Morgan fingerprint density at radius 3 is 2.77 bits per heavy atom. The number of alkyl halides is 3. The van der Waals surface area contributed by atoms with Gasteiger partial charge in [-0.2, -0.15) is 13.2 Å². The fourth-order valence-electron chi connectivity index (χ4n) is 2.87. The minimum atomic E-state index is -4.19. The molecule has 0 saturated carbocycles. The number of piperidine rings is 1. The van der Waals surface area contributed by atoms with Gasteiger partial charge in [-0.15, -0.1) is 0 Å². The second-order valence-corrected chi connectivity index (χ2v) is 5.80. The van der Waals surface area contributed by atoms with Crippen molar-refractivity contribution in [1.82, 2.24) is 19.9 Å². The molecule has 3 heterocycles. The molecule has 0 radical (unpaired) electrons. The van der Waals surface area contributed by atoms with Gasteiger partial charge in [-0.3, -0.25) is 9.89 Å². The van der Waals surface area contributed by atoms with Crippen LogP contribution in [0.25, 0.3) is 5.65 Å². The zero-order chi connectivity index (χ0) is 16.1. The summed E-state index contributed by atoms with van der Waals surface area (Å²) in [7, 11) is 0. The van der Waals surface area contributed by atoms with Crippen LogP contribution >= 0.6 is 0 Å². The standard InChI is InChI=1S/C14H17F3N4O/c1-7-8(2)19-12-6-11(20-21(12)13(7)22)10-5-9(3-4-18-10)14(15,16)17/h6,9-10,18,20H,3-5H2,1-2H3. The van der Waals surface area contributed by atoms with Gasteiger partial charge < -0.3 is 5.32 Å². The number of halogens is 3. The minimum Gasteiger partial charge on any atom is -0.309 e. The Kier molecular flexibility index (Phi) is 3.51. The summed E-state index contributed by atoms with van der Waals surface area (Å²) < 4.78 is 40.0. The maximum Gasteiger partial charge on any atom is 0.391 e. The van der Waals surface area contributed by atoms with Crippen LogP contribution < -0.4 is 10.9 Å². The molecule has 3 rings (SSSR count). The maximum atomic E-state index is 12.9. The lowest BCUT2D eigenvalue weighted by atomic mass is 9.90. The first-order valence-electron chi connectivity index (χ1n) is 7.16. The molecule has 2 atom stereocenters. The van der Waals surface area contributed by atoms with Crippen LogP contribution in [0.2, 0.25) is 0 Å². The molecular weight excluding hydrogens is 297 g/mol. The van der Waals surface area contributed by atoms with E-state index in [-0.39, 0.29) is 18.4 Å². The Bertz CT molecular complexity index is 762. The van der Waals surface area contributed by atoms with Gasteiger partial charge in [0.25, 0.3) is 5.56 Å². The van der Waals surface area contributed by atoms with E-state index >= 15 is 0 Å². The summed E-state index contributed by atoms with van der Waals surface area (Å²) in [6.07, 6.45) is -4.14. The third-order valence-electron chi connectivity index (χ3n) is 4.35. The molecule has 22 heavy (non-hydrogen) atoms. The highest BCUT2D eigenvalue weighted by molar-refractivity contribution is 5.42. The van der Waals surface area contributed by atoms with E-state index in [0.29, 0.717) is 29.1 Å². The maximum absolute atomic E-state index is 12.9. The molecule has 1 fully saturated rings. The molecule has 1 saturated heterocycles. The molecule has 0 aliphatic carbocycles. The van der Waals surface area contributed by atoms with Crippen LogP contribution in [0.1, 0.15) is 35.8 Å². The molecule has 0 spiro atoms. The summed E-state index contributed by atoms with van der Waals surface area (Å²) in [4.78, 5) is 16.5. The lowest BCUT2D eigenvalue weighted by molar-refractivity contribution is -0.183. The lowest BCUT2D eigenvalue weighted by Gasteiger charge is -2.30. The predicted molar refractivity (Wildman–Crippen MR) is 74.8 cm³/mol. The molecule has 0 bridgehead atoms. The first-order valence-corrected chi connectivity index (χ1v) is 7.16. The van der Waals surface area contributed by atoms with Crippen LogP contribution in [-0.2, 0) is 0 Å². The van der Waals surface area contributed by atoms with Gasteiger partial charge in [0.05, 0.1) is 11.6 Å². The van der Waals surface area contributed by atoms with Crippen LogP contribution in [0.5, 0.6) is 0 Å². The molecule has 1 aliphatic rings. The number of hydrogen-bond donors (Lipinski definition) is 2. The van der Waals surface area contributed by atoms with Crippen molar-refractivity contribution in [2.45, 2.75) is 38.9 Å². The Balaban J connectivity index is 1.97. The van der Waals surface area contributed by atoms with Crippen molar-refractivity contribution in [3.05, 3.63) is 33.4 Å². The highest BCUT2D eigenvalue weighted by Crippen LogP contribution is 2.37. The number of nitrogens with zero attached hydrogens (tertiary/aromatic N) is 2. The number of aromatic amines is 1. The molecular formula is C14H17F3N4O. The highest BCUT2D eigenvalue weighted by Gasteiger charge is 2.42. The second kappa shape index (κ2) is 5.12. The second-order valence-electron chi connectivity index (χ2n) is 5.80. The van der Waals surface area contributed by atoms with Gasteiger partial charge in [-0.05, 0) is 33.2 Å². The molecule has 1 aliphatic heterocycles. The first kappa shape index (κ1) is 15.1. The molecule has 120 valence electrons. The summed E-state index contributed by atoms with van der Waals surface area (Å²) in [6, 6.07) is 1.19. The summed E-state index contributed by atoms with van der Waals surface area (Å²) in [5.74, 6) is -1.32. The van der Waals surface area contributed by atoms with Gasteiger partial charge in [0.1, 0.15) is 0 Å². The zero-order valence-electron chi connectivity index (χ0n) is 12.3. The summed E-state index contributed by atoms with van der Waals surface area (Å²) in [6.45, 7) is 3.71. The zero-order valence-corrected chi connectivity index (χ0v) is 12.3. The SMILES string of the molecule is Cc1nc2cc(C3CC(C(F)(F)F)CCN3)[nH]n2c(=O)c1C. The van der Waals surface area contributed by atoms with Gasteiger partial charge in [0, 0.05) is 23.4 Å². The van der Waals surface area contributed by atoms with E-state index in [9.17, 15) is 18.0 Å². The van der Waals surface area contributed by atoms with Crippen molar-refractivity contribution < 1.29 is 13.2 Å². The number of aryl methyl sites for hydroxylation is 1. The largest absolute Gasteiger partial charge is 0.391 e. The van der Waals surface area contributed by atoms with Crippen LogP contribution in [0.4, 0.5) is 13.2 Å². The van der Waals surface area contributed by atoms with E-state index in [2.05, 4.69) is 15.4 Å². The Hall–Kier alpha value is -1.83. The van der Waals surface area contributed by atoms with Gasteiger partial charge in [0.2, 0.25) is 0 Å². The Labute approximate surface area is 124 Å². The summed E-state index contributed by atoms with van der Waals surface area (Å²) >= 11 is 0. The molecule has 0 amide bonds. The van der Waals surface area contributed by atoms with Gasteiger partial charge in [-0.1, -0.05) is 0 Å². The Morgan fingerprint density at radius 1 is 1.36 bits per heavy atom. The van der Waals surface area contributed by atoms with Crippen molar-refractivity contribution in [3.63, 3.8) is 0 Å². The average molecular weight is 314 g/mol. The number of rotatable bonds is 1. The van der Waals surface area contributed by atoms with E-state index < -0.39 is 18.1 Å². The highest BCUT2D eigenvalue weighted by atomic mass is 19.4. The van der Waals surface area contributed by atoms with Crippen molar-refractivity contribution in [1.29, 1.82) is 0 Å². The van der Waals surface area contributed by atoms with E-state index in [1.807, 2.05) is 0 Å². The van der Waals surface area contributed by atoms with Gasteiger partial charge in [0.15, 0.2) is 5.65 Å². The van der Waals surface area contributed by atoms with Gasteiger partial charge in [-0.25, -0.2) is 9.50 Å². The van der Waals surface area contributed by atoms with Crippen molar-refractivity contribution >= 4 is 5.65 Å². The van der Waals surface area contributed by atoms with Gasteiger partial charge >= 0.3 is 6.18 Å². The number of aromatic nitrogens is 3. The Morgan fingerprint density at radius 2 is 2.09 bits per heavy atom. The number of H-pyrrole nitrogens is 1. The molecule has 2 aromatic heterocycles. The van der Waals surface area contributed by atoms with Crippen molar-refractivity contribution in [2.75, 3.05) is 6.54 Å². The molecule has 8 heteroatoms. The molecule has 0 aromatic carbocycles. The summed E-state index contributed by atoms with van der Waals surface area (Å²) in [5, 5.41) is 5.96. The fraction of sp³-hybridized carbons (Fsp3) is 0.571. The minimum absolute atomic E-state index is 0.0387. The number of nitrogens with one attached hydrogen (secondary N) is 2. The van der Waals surface area contributed by atoms with E-state index in [1.54, 1.807) is 19.9 Å². The lowest BCUT2D eigenvalue weighted by Crippen LogP contribution is -2.38. The molecule has 2 aromatic rings. The smallest absolute Gasteiger partial charge is 0.309 e. The normalized spacial score (nSPS) is 23.1. The molecule has 2 N–H and O–H groups in total. The van der Waals surface area contributed by atoms with Crippen LogP contribution in [0.3, 0.4) is 0 Å². The van der Waals surface area contributed by atoms with Crippen molar-refractivity contribution in [2.24, 2.45) is 5.92 Å². The topological polar surface area (TPSA) is 62.2 Å². The molecule has 5 nitrogen and oxygen atoms in total. The molecule has 2 unspecified atom stereocenters. The monoisotopic (exact) mass is 314 g/mol. The van der Waals surface area contributed by atoms with Crippen LogP contribution in [0, 0.1) is 19.8 Å². The third kappa shape index (κ3) is 2.51. The average Bonchev–Trinajstić information content (AvgIpc) is 2.88. The van der Waals surface area contributed by atoms with Crippen molar-refractivity contribution in [3.8, 4) is 0 Å². The third-order valence-corrected chi connectivity index (χ3v) is 4.35. The van der Waals surface area contributed by atoms with Crippen LogP contribution in [0.15, 0.2) is 10.9 Å². The predicted octanol–water partition coefficient (Wildman–Crippen LogP) is 2.24. The first-order chi connectivity index (χ1) is 10.3. The van der Waals surface area contributed by atoms with Crippen LogP contribution in [-0.4, -0.2) is 27.3 Å². The number of fused-ring (bicyclic) bond motifs is 1. The fourth-order valence-corrected chi connectivity index (χ4v) is 2.87. The van der Waals surface area contributed by atoms with E-state index in [1.165, 1.54) is 4.52 Å². The summed E-state index contributed by atoms with van der Waals surface area (Å²) in [5.41, 5.74) is 1.91.